The zero-order valence-corrected chi connectivity index (χ0v) is 37.5. The minimum Gasteiger partial charge on any atom is -0.395 e. The lowest BCUT2D eigenvalue weighted by Gasteiger charge is -2.23. The number of hydrogen-bond acceptors (Lipinski definition) is 8. The molecule has 0 heterocycles. The molecule has 0 aliphatic rings. The third-order valence-electron chi connectivity index (χ3n) is 10.2. The Labute approximate surface area is 341 Å². The van der Waals surface area contributed by atoms with Crippen LogP contribution < -0.4 is 0 Å². The molecule has 0 radical (unpaired) electrons. The van der Waals surface area contributed by atoms with Crippen molar-refractivity contribution < 1.29 is 33.3 Å². The Morgan fingerprint density at radius 3 is 1.33 bits per heavy atom. The van der Waals surface area contributed by atoms with Crippen LogP contribution in [0.25, 0.3) is 0 Å². The van der Waals surface area contributed by atoms with Crippen molar-refractivity contribution in [1.82, 2.24) is 4.90 Å². The Morgan fingerprint density at radius 2 is 0.891 bits per heavy atom. The standard InChI is InChI=1S/C46H92NO7P/c1-4-6-8-10-12-14-16-18-20-22-24-26-28-30-32-34-41-51-44-46(45-54-55(3,50)53-43-38-47(36-39-48)37-40-49)52-42-35-33-31-29-27-25-23-21-19-17-15-13-11-9-7-5-2/h18-21,46,48-49H,4-17,22-45H2,1-3H3. The smallest absolute Gasteiger partial charge is 0.327 e. The highest BCUT2D eigenvalue weighted by Crippen LogP contribution is 2.43. The largest absolute Gasteiger partial charge is 0.395 e. The summed E-state index contributed by atoms with van der Waals surface area (Å²) in [6.45, 7) is 9.44. The van der Waals surface area contributed by atoms with E-state index in [2.05, 4.69) is 38.2 Å². The number of aliphatic hydroxyl groups excluding tert-OH is 2. The van der Waals surface area contributed by atoms with Crippen molar-refractivity contribution in [2.24, 2.45) is 0 Å². The summed E-state index contributed by atoms with van der Waals surface area (Å²) in [5, 5.41) is 18.5. The summed E-state index contributed by atoms with van der Waals surface area (Å²) in [6, 6.07) is 0. The van der Waals surface area contributed by atoms with Gasteiger partial charge in [-0.05, 0) is 64.2 Å². The van der Waals surface area contributed by atoms with E-state index in [-0.39, 0.29) is 32.5 Å². The third-order valence-corrected chi connectivity index (χ3v) is 11.4. The third kappa shape index (κ3) is 42.8. The predicted molar refractivity (Wildman–Crippen MR) is 236 cm³/mol. The molecule has 0 saturated heterocycles. The van der Waals surface area contributed by atoms with Crippen molar-refractivity contribution in [3.8, 4) is 0 Å². The van der Waals surface area contributed by atoms with Crippen LogP contribution in [0.15, 0.2) is 24.3 Å². The van der Waals surface area contributed by atoms with E-state index in [9.17, 15) is 14.8 Å². The summed E-state index contributed by atoms with van der Waals surface area (Å²) < 4.78 is 36.6. The lowest BCUT2D eigenvalue weighted by Crippen LogP contribution is -2.33. The normalized spacial score (nSPS) is 13.9. The van der Waals surface area contributed by atoms with Gasteiger partial charge in [-0.15, -0.1) is 0 Å². The number of aliphatic hydroxyl groups is 2. The van der Waals surface area contributed by atoms with Crippen molar-refractivity contribution >= 4 is 7.60 Å². The molecular weight excluding hydrogens is 709 g/mol. The van der Waals surface area contributed by atoms with Gasteiger partial charge in [0.05, 0.1) is 33.0 Å². The second kappa shape index (κ2) is 44.5. The maximum atomic E-state index is 13.0. The molecule has 55 heavy (non-hydrogen) atoms. The van der Waals surface area contributed by atoms with Crippen molar-refractivity contribution in [2.75, 3.05) is 72.5 Å². The molecule has 2 atom stereocenters. The van der Waals surface area contributed by atoms with Crippen LogP contribution >= 0.6 is 7.60 Å². The molecule has 0 fully saturated rings. The number of unbranched alkanes of at least 4 members (excludes halogenated alkanes) is 24. The molecule has 0 aromatic carbocycles. The maximum absolute atomic E-state index is 13.0. The number of allylic oxidation sites excluding steroid dienone is 4. The quantitative estimate of drug-likeness (QED) is 0.0357. The first-order valence-electron chi connectivity index (χ1n) is 23.3. The van der Waals surface area contributed by atoms with Crippen LogP contribution in [0.4, 0.5) is 0 Å². The van der Waals surface area contributed by atoms with Crippen LogP contribution in [0.2, 0.25) is 0 Å². The van der Waals surface area contributed by atoms with Gasteiger partial charge in [0.2, 0.25) is 0 Å². The fraction of sp³-hybridized carbons (Fsp3) is 0.913. The molecule has 0 rings (SSSR count). The molecule has 0 amide bonds. The van der Waals surface area contributed by atoms with E-state index >= 15 is 0 Å². The van der Waals surface area contributed by atoms with Gasteiger partial charge < -0.3 is 28.7 Å². The van der Waals surface area contributed by atoms with Gasteiger partial charge in [0.1, 0.15) is 6.10 Å². The summed E-state index contributed by atoms with van der Waals surface area (Å²) in [7, 11) is -3.29. The molecular formula is C46H92NO7P. The van der Waals surface area contributed by atoms with Crippen molar-refractivity contribution in [1.29, 1.82) is 0 Å². The van der Waals surface area contributed by atoms with Gasteiger partial charge >= 0.3 is 7.60 Å². The number of ether oxygens (including phenoxy) is 2. The maximum Gasteiger partial charge on any atom is 0.327 e. The molecule has 0 aromatic rings. The van der Waals surface area contributed by atoms with Gasteiger partial charge in [0, 0.05) is 39.5 Å². The number of rotatable bonds is 46. The Morgan fingerprint density at radius 1 is 0.491 bits per heavy atom. The van der Waals surface area contributed by atoms with Crippen LogP contribution in [0.3, 0.4) is 0 Å². The minimum absolute atomic E-state index is 0.00639. The fourth-order valence-corrected chi connectivity index (χ4v) is 7.55. The van der Waals surface area contributed by atoms with E-state index in [0.717, 1.165) is 19.3 Å². The lowest BCUT2D eigenvalue weighted by molar-refractivity contribution is -0.0411. The Balaban J connectivity index is 4.26. The van der Waals surface area contributed by atoms with E-state index in [0.29, 0.717) is 39.5 Å². The van der Waals surface area contributed by atoms with Crippen LogP contribution in [-0.2, 0) is 23.1 Å². The van der Waals surface area contributed by atoms with Gasteiger partial charge in [-0.2, -0.15) is 0 Å². The van der Waals surface area contributed by atoms with E-state index in [4.69, 9.17) is 18.5 Å². The second-order valence-electron chi connectivity index (χ2n) is 15.6. The average molecular weight is 802 g/mol. The van der Waals surface area contributed by atoms with Crippen LogP contribution in [0.5, 0.6) is 0 Å². The molecule has 8 nitrogen and oxygen atoms in total. The Kier molecular flexibility index (Phi) is 44.1. The SMILES string of the molecule is CCCCCCCCC=CCCCCCCCCOCC(COP(C)(=O)OCCN(CCO)CCO)OCCCCCCCCC=CCCCCCCCC. The first kappa shape index (κ1) is 54.4. The molecule has 2 N–H and O–H groups in total. The number of hydrogen-bond donors (Lipinski definition) is 2. The lowest BCUT2D eigenvalue weighted by atomic mass is 10.1. The van der Waals surface area contributed by atoms with Gasteiger partial charge in [-0.25, -0.2) is 0 Å². The molecule has 0 spiro atoms. The van der Waals surface area contributed by atoms with E-state index in [1.54, 1.807) is 0 Å². The summed E-state index contributed by atoms with van der Waals surface area (Å²) in [5.41, 5.74) is 0. The van der Waals surface area contributed by atoms with Gasteiger partial charge in [0.25, 0.3) is 0 Å². The Hall–Kier alpha value is -0.570. The first-order chi connectivity index (χ1) is 27.0. The molecule has 0 aromatic heterocycles. The zero-order valence-electron chi connectivity index (χ0n) is 36.6. The van der Waals surface area contributed by atoms with E-state index in [1.165, 1.54) is 167 Å². The minimum atomic E-state index is -3.29. The highest BCUT2D eigenvalue weighted by Gasteiger charge is 2.21. The monoisotopic (exact) mass is 802 g/mol. The molecule has 0 aliphatic heterocycles. The van der Waals surface area contributed by atoms with Crippen LogP contribution in [0.1, 0.15) is 194 Å². The summed E-state index contributed by atoms with van der Waals surface area (Å²) in [5.74, 6) is 0. The van der Waals surface area contributed by atoms with Gasteiger partial charge in [-0.1, -0.05) is 154 Å². The molecule has 2 unspecified atom stereocenters. The highest BCUT2D eigenvalue weighted by molar-refractivity contribution is 7.52. The molecule has 0 saturated carbocycles. The van der Waals surface area contributed by atoms with Gasteiger partial charge in [0.15, 0.2) is 0 Å². The van der Waals surface area contributed by atoms with E-state index in [1.807, 2.05) is 4.90 Å². The molecule has 9 heteroatoms. The summed E-state index contributed by atoms with van der Waals surface area (Å²) >= 11 is 0. The fourth-order valence-electron chi connectivity index (χ4n) is 6.62. The van der Waals surface area contributed by atoms with Crippen LogP contribution in [-0.4, -0.2) is 93.8 Å². The van der Waals surface area contributed by atoms with Gasteiger partial charge in [-0.3, -0.25) is 9.46 Å². The molecule has 0 aliphatic carbocycles. The van der Waals surface area contributed by atoms with E-state index < -0.39 is 7.60 Å². The highest BCUT2D eigenvalue weighted by atomic mass is 31.2. The first-order valence-corrected chi connectivity index (χ1v) is 25.3. The molecule has 0 bridgehead atoms. The average Bonchev–Trinajstić information content (AvgIpc) is 3.17. The topological polar surface area (TPSA) is 97.7 Å². The summed E-state index contributed by atoms with van der Waals surface area (Å²) in [6.07, 6.45) is 45.0. The van der Waals surface area contributed by atoms with Crippen molar-refractivity contribution in [2.45, 2.75) is 200 Å². The number of nitrogens with zero attached hydrogens (tertiary/aromatic N) is 1. The predicted octanol–water partition coefficient (Wildman–Crippen LogP) is 12.6. The molecule has 328 valence electrons. The van der Waals surface area contributed by atoms with Crippen LogP contribution in [0, 0.1) is 0 Å². The summed E-state index contributed by atoms with van der Waals surface area (Å²) in [4.78, 5) is 1.87. The van der Waals surface area contributed by atoms with Crippen molar-refractivity contribution in [3.63, 3.8) is 0 Å². The second-order valence-corrected chi connectivity index (χ2v) is 17.7. The van der Waals surface area contributed by atoms with Crippen molar-refractivity contribution in [3.05, 3.63) is 24.3 Å². The zero-order chi connectivity index (χ0) is 40.2. The Bertz CT molecular complexity index is 852.